The summed E-state index contributed by atoms with van der Waals surface area (Å²) in [5, 5.41) is 0. The van der Waals surface area contributed by atoms with Crippen molar-refractivity contribution < 1.29 is 0 Å². The molecule has 0 saturated heterocycles. The summed E-state index contributed by atoms with van der Waals surface area (Å²) < 4.78 is 0. The van der Waals surface area contributed by atoms with Gasteiger partial charge in [-0.1, -0.05) is 47.0 Å². The third kappa shape index (κ3) is 4.65. The topological polar surface area (TPSA) is 26.0 Å². The second-order valence-electron chi connectivity index (χ2n) is 4.19. The third-order valence-corrected chi connectivity index (χ3v) is 3.53. The molecule has 1 atom stereocenters. The summed E-state index contributed by atoms with van der Waals surface area (Å²) in [6, 6.07) is 0. The first-order chi connectivity index (χ1) is 6.14. The Morgan fingerprint density at radius 2 is 1.57 bits per heavy atom. The van der Waals surface area contributed by atoms with Crippen LogP contribution in [0, 0.1) is 5.92 Å². The molecule has 0 heterocycles. The molecule has 1 nitrogen and oxygen atoms in total. The summed E-state index contributed by atoms with van der Waals surface area (Å²) in [5.41, 5.74) is 6.49. The van der Waals surface area contributed by atoms with Crippen LogP contribution in [0.3, 0.4) is 0 Å². The Labute approximate surface area is 96.2 Å². The predicted octanol–water partition coefficient (Wildman–Crippen LogP) is 4.14. The molecule has 2 N–H and O–H groups in total. The van der Waals surface area contributed by atoms with Gasteiger partial charge < -0.3 is 5.73 Å². The Hall–Kier alpha value is 0.250. The van der Waals surface area contributed by atoms with Crippen molar-refractivity contribution in [2.75, 3.05) is 0 Å². The highest BCUT2D eigenvalue weighted by atomic mass is 35.5. The van der Waals surface area contributed by atoms with Crippen LogP contribution in [0.5, 0.6) is 0 Å². The highest BCUT2D eigenvalue weighted by Gasteiger charge is 2.29. The molecule has 0 aliphatic rings. The van der Waals surface area contributed by atoms with Gasteiger partial charge in [0.05, 0.1) is 0 Å². The van der Waals surface area contributed by atoms with Crippen LogP contribution in [-0.2, 0) is 0 Å². The standard InChI is InChI=1S/C12H27N.ClH/c1-5-9-10-11(6-2)12(13,7-3)8-4;/h11H,5-10,13H2,1-4H3;1H. The lowest BCUT2D eigenvalue weighted by atomic mass is 9.76. The SMILES string of the molecule is CCCCC(CC)C(N)(CC)CC.Cl. The molecule has 88 valence electrons. The van der Waals surface area contributed by atoms with Gasteiger partial charge in [0.15, 0.2) is 0 Å². The van der Waals surface area contributed by atoms with E-state index in [2.05, 4.69) is 27.7 Å². The van der Waals surface area contributed by atoms with Crippen LogP contribution in [-0.4, -0.2) is 5.54 Å². The normalized spacial score (nSPS) is 13.5. The predicted molar refractivity (Wildman–Crippen MR) is 68.1 cm³/mol. The molecule has 0 spiro atoms. The zero-order chi connectivity index (χ0) is 10.3. The molecule has 0 radical (unpaired) electrons. The first-order valence-electron chi connectivity index (χ1n) is 5.93. The van der Waals surface area contributed by atoms with E-state index < -0.39 is 0 Å². The maximum absolute atomic E-state index is 6.39. The number of hydrogen-bond donors (Lipinski definition) is 1. The Morgan fingerprint density at radius 3 is 1.86 bits per heavy atom. The van der Waals surface area contributed by atoms with Gasteiger partial charge in [-0.2, -0.15) is 0 Å². The summed E-state index contributed by atoms with van der Waals surface area (Å²) in [7, 11) is 0. The van der Waals surface area contributed by atoms with Crippen molar-refractivity contribution in [1.82, 2.24) is 0 Å². The molecule has 0 aromatic carbocycles. The van der Waals surface area contributed by atoms with Crippen molar-refractivity contribution >= 4 is 12.4 Å². The average Bonchev–Trinajstić information content (AvgIpc) is 2.18. The van der Waals surface area contributed by atoms with Crippen LogP contribution in [0.15, 0.2) is 0 Å². The van der Waals surface area contributed by atoms with Crippen molar-refractivity contribution in [3.8, 4) is 0 Å². The minimum atomic E-state index is 0. The van der Waals surface area contributed by atoms with Crippen LogP contribution in [0.4, 0.5) is 0 Å². The van der Waals surface area contributed by atoms with Crippen molar-refractivity contribution in [1.29, 1.82) is 0 Å². The van der Waals surface area contributed by atoms with Gasteiger partial charge in [-0.05, 0) is 25.2 Å². The monoisotopic (exact) mass is 221 g/mol. The van der Waals surface area contributed by atoms with Gasteiger partial charge >= 0.3 is 0 Å². The molecule has 0 bridgehead atoms. The van der Waals surface area contributed by atoms with Crippen LogP contribution >= 0.6 is 12.4 Å². The second-order valence-corrected chi connectivity index (χ2v) is 4.19. The zero-order valence-electron chi connectivity index (χ0n) is 10.3. The Balaban J connectivity index is 0. The summed E-state index contributed by atoms with van der Waals surface area (Å²) in [5.74, 6) is 0.724. The van der Waals surface area contributed by atoms with Crippen LogP contribution in [0.25, 0.3) is 0 Å². The van der Waals surface area contributed by atoms with Gasteiger partial charge in [-0.15, -0.1) is 12.4 Å². The van der Waals surface area contributed by atoms with Gasteiger partial charge in [0.1, 0.15) is 0 Å². The fraction of sp³-hybridized carbons (Fsp3) is 1.00. The molecule has 0 aliphatic carbocycles. The summed E-state index contributed by atoms with van der Waals surface area (Å²) in [6.07, 6.45) is 7.40. The van der Waals surface area contributed by atoms with Crippen molar-refractivity contribution in [2.24, 2.45) is 11.7 Å². The van der Waals surface area contributed by atoms with E-state index in [1.54, 1.807) is 0 Å². The lowest BCUT2D eigenvalue weighted by Crippen LogP contribution is -2.45. The molecule has 0 saturated carbocycles. The summed E-state index contributed by atoms with van der Waals surface area (Å²) >= 11 is 0. The Kier molecular flexibility index (Phi) is 10.2. The Morgan fingerprint density at radius 1 is 1.07 bits per heavy atom. The third-order valence-electron chi connectivity index (χ3n) is 3.53. The molecule has 0 fully saturated rings. The highest BCUT2D eigenvalue weighted by Crippen LogP contribution is 2.29. The van der Waals surface area contributed by atoms with Crippen LogP contribution in [0.1, 0.15) is 66.2 Å². The molecule has 1 unspecified atom stereocenters. The number of nitrogens with two attached hydrogens (primary N) is 1. The molecular weight excluding hydrogens is 194 g/mol. The van der Waals surface area contributed by atoms with E-state index >= 15 is 0 Å². The molecule has 0 aliphatic heterocycles. The molecule has 14 heavy (non-hydrogen) atoms. The van der Waals surface area contributed by atoms with Gasteiger partial charge in [0, 0.05) is 5.54 Å². The van der Waals surface area contributed by atoms with E-state index in [1.165, 1.54) is 25.7 Å². The smallest absolute Gasteiger partial charge is 0.0177 e. The number of hydrogen-bond acceptors (Lipinski definition) is 1. The largest absolute Gasteiger partial charge is 0.325 e. The van der Waals surface area contributed by atoms with Gasteiger partial charge in [0.2, 0.25) is 0 Å². The van der Waals surface area contributed by atoms with Gasteiger partial charge in [-0.3, -0.25) is 0 Å². The molecule has 2 heteroatoms. The lowest BCUT2D eigenvalue weighted by molar-refractivity contribution is 0.226. The maximum atomic E-state index is 6.39. The van der Waals surface area contributed by atoms with E-state index in [0.717, 1.165) is 18.8 Å². The minimum Gasteiger partial charge on any atom is -0.325 e. The molecular formula is C12H28ClN. The second kappa shape index (κ2) is 8.55. The molecule has 0 amide bonds. The fourth-order valence-electron chi connectivity index (χ4n) is 2.18. The van der Waals surface area contributed by atoms with E-state index in [1.807, 2.05) is 0 Å². The fourth-order valence-corrected chi connectivity index (χ4v) is 2.18. The van der Waals surface area contributed by atoms with Crippen LogP contribution < -0.4 is 5.73 Å². The van der Waals surface area contributed by atoms with Crippen LogP contribution in [0.2, 0.25) is 0 Å². The highest BCUT2D eigenvalue weighted by molar-refractivity contribution is 5.85. The van der Waals surface area contributed by atoms with E-state index in [9.17, 15) is 0 Å². The van der Waals surface area contributed by atoms with Crippen molar-refractivity contribution in [3.05, 3.63) is 0 Å². The zero-order valence-corrected chi connectivity index (χ0v) is 11.1. The molecule has 0 aromatic heterocycles. The summed E-state index contributed by atoms with van der Waals surface area (Å²) in [4.78, 5) is 0. The first-order valence-corrected chi connectivity index (χ1v) is 5.93. The van der Waals surface area contributed by atoms with Gasteiger partial charge in [0.25, 0.3) is 0 Å². The minimum absolute atomic E-state index is 0. The maximum Gasteiger partial charge on any atom is 0.0177 e. The molecule has 0 rings (SSSR count). The van der Waals surface area contributed by atoms with Gasteiger partial charge in [-0.25, -0.2) is 0 Å². The summed E-state index contributed by atoms with van der Waals surface area (Å²) in [6.45, 7) is 8.96. The number of rotatable bonds is 7. The first kappa shape index (κ1) is 16.7. The van der Waals surface area contributed by atoms with E-state index in [0.29, 0.717) is 0 Å². The van der Waals surface area contributed by atoms with Crippen molar-refractivity contribution in [3.63, 3.8) is 0 Å². The Bertz CT molecular complexity index is 121. The number of unbranched alkanes of at least 4 members (excludes halogenated alkanes) is 1. The average molecular weight is 222 g/mol. The number of halogens is 1. The molecule has 0 aromatic rings. The quantitative estimate of drug-likeness (QED) is 0.687. The lowest BCUT2D eigenvalue weighted by Gasteiger charge is -2.35. The van der Waals surface area contributed by atoms with Crippen molar-refractivity contribution in [2.45, 2.75) is 71.8 Å². The van der Waals surface area contributed by atoms with E-state index in [4.69, 9.17) is 5.73 Å². The van der Waals surface area contributed by atoms with E-state index in [-0.39, 0.29) is 17.9 Å².